The van der Waals surface area contributed by atoms with E-state index in [4.69, 9.17) is 5.11 Å². The Hall–Kier alpha value is -1.79. The first-order chi connectivity index (χ1) is 13.7. The number of carboxylic acid groups (broad SMARTS) is 1. The van der Waals surface area contributed by atoms with Crippen molar-refractivity contribution in [2.75, 3.05) is 7.05 Å². The van der Waals surface area contributed by atoms with Crippen molar-refractivity contribution < 1.29 is 75.4 Å². The van der Waals surface area contributed by atoms with E-state index < -0.39 is 51.1 Å². The van der Waals surface area contributed by atoms with Gasteiger partial charge in [-0.1, -0.05) is 19.9 Å². The van der Waals surface area contributed by atoms with Gasteiger partial charge in [0.15, 0.2) is 0 Å². The van der Waals surface area contributed by atoms with E-state index in [1.807, 2.05) is 6.92 Å². The molecule has 0 amide bonds. The Balaban J connectivity index is 0. The Morgan fingerprint density at radius 1 is 0.812 bits per heavy atom. The smallest absolute Gasteiger partial charge is 0.460 e. The molecule has 0 fully saturated rings. The maximum atomic E-state index is 13.0. The molecule has 19 heteroatoms. The first kappa shape index (κ1) is 32.4. The van der Waals surface area contributed by atoms with E-state index in [1.54, 1.807) is 0 Å². The number of sulfonamides is 1. The molecule has 0 spiro atoms. The van der Waals surface area contributed by atoms with Crippen LogP contribution < -0.4 is 4.72 Å². The van der Waals surface area contributed by atoms with Crippen LogP contribution in [-0.4, -0.2) is 61.7 Å². The van der Waals surface area contributed by atoms with Gasteiger partial charge < -0.3 is 5.11 Å². The zero-order valence-electron chi connectivity index (χ0n) is 15.6. The van der Waals surface area contributed by atoms with Gasteiger partial charge >= 0.3 is 41.1 Å². The van der Waals surface area contributed by atoms with Crippen LogP contribution >= 0.6 is 0 Å². The largest absolute Gasteiger partial charge is 0.478 e. The molecule has 0 aromatic heterocycles. The zero-order chi connectivity index (χ0) is 26.8. The molecule has 0 rings (SSSR count). The molecule has 2 N–H and O–H groups in total. The highest BCUT2D eigenvalue weighted by atomic mass is 32.2. The average Bonchev–Trinajstić information content (AvgIpc) is 2.60. The maximum absolute atomic E-state index is 13.0. The van der Waals surface area contributed by atoms with E-state index in [0.717, 1.165) is 6.42 Å². The number of carbonyl (C=O) groups is 1. The zero-order valence-corrected chi connectivity index (χ0v) is 16.4. The molecule has 192 valence electrons. The molecule has 0 bridgehead atoms. The number of hydrogen-bond donors (Lipinski definition) is 2. The molecule has 0 saturated carbocycles. The van der Waals surface area contributed by atoms with E-state index in [2.05, 4.69) is 6.58 Å². The Bertz CT molecular complexity index is 790. The van der Waals surface area contributed by atoms with Crippen molar-refractivity contribution in [2.24, 2.45) is 0 Å². The number of hydrogen-bond acceptors (Lipinski definition) is 3. The molecule has 0 aromatic rings. The fraction of sp³-hybridized carbons (Fsp3) is 0.769. The first-order valence-corrected chi connectivity index (χ1v) is 9.02. The normalized spacial score (nSPS) is 14.5. The van der Waals surface area contributed by atoms with Crippen molar-refractivity contribution in [3.63, 3.8) is 0 Å². The van der Waals surface area contributed by atoms with Gasteiger partial charge in [0.05, 0.1) is 0 Å². The third kappa shape index (κ3) is 5.40. The molecule has 0 unspecified atom stereocenters. The summed E-state index contributed by atoms with van der Waals surface area (Å²) in [6.45, 7) is 5.27. The molecule has 0 saturated heterocycles. The summed E-state index contributed by atoms with van der Waals surface area (Å²) in [6, 6.07) is 0. The summed E-state index contributed by atoms with van der Waals surface area (Å²) >= 11 is 0. The van der Waals surface area contributed by atoms with Crippen LogP contribution in [-0.2, 0) is 14.8 Å². The second kappa shape index (κ2) is 9.60. The summed E-state index contributed by atoms with van der Waals surface area (Å²) < 4.78 is 185. The Morgan fingerprint density at radius 2 is 1.16 bits per heavy atom. The minimum atomic E-state index is -8.13. The van der Waals surface area contributed by atoms with E-state index in [0.29, 0.717) is 16.7 Å². The van der Waals surface area contributed by atoms with E-state index in [1.165, 1.54) is 0 Å². The fourth-order valence-corrected chi connectivity index (χ4v) is 2.18. The summed E-state index contributed by atoms with van der Waals surface area (Å²) in [5, 5.41) is 1.04. The highest BCUT2D eigenvalue weighted by Crippen LogP contribution is 2.60. The Labute approximate surface area is 171 Å². The Morgan fingerprint density at radius 3 is 1.38 bits per heavy atom. The minimum absolute atomic E-state index is 0.0695. The molecule has 32 heavy (non-hydrogen) atoms. The summed E-state index contributed by atoms with van der Waals surface area (Å²) in [6.07, 6.45) is -6.10. The van der Waals surface area contributed by atoms with Gasteiger partial charge in [0, 0.05) is 5.57 Å². The molecule has 0 radical (unpaired) electrons. The molecular weight excluding hydrogens is 513 g/mol. The molecule has 0 aliphatic rings. The van der Waals surface area contributed by atoms with Gasteiger partial charge in [-0.2, -0.15) is 57.1 Å². The van der Waals surface area contributed by atoms with Crippen LogP contribution in [0, 0.1) is 0 Å². The third-order valence-corrected chi connectivity index (χ3v) is 4.83. The predicted molar refractivity (Wildman–Crippen MR) is 80.5 cm³/mol. The molecule has 0 heterocycles. The molecular formula is C13H14F13NO4S. The topological polar surface area (TPSA) is 83.5 Å². The molecule has 0 aliphatic carbocycles. The summed E-state index contributed by atoms with van der Waals surface area (Å²) in [5.41, 5.74) is 0.299. The van der Waals surface area contributed by atoms with Gasteiger partial charge in [0.25, 0.3) is 10.0 Å². The van der Waals surface area contributed by atoms with Gasteiger partial charge in [-0.25, -0.2) is 17.9 Å². The molecule has 0 atom stereocenters. The lowest BCUT2D eigenvalue weighted by atomic mass is 9.98. The summed E-state index contributed by atoms with van der Waals surface area (Å²) in [7, 11) is -6.92. The number of rotatable bonds is 9. The summed E-state index contributed by atoms with van der Waals surface area (Å²) in [5.74, 6) is -32.9. The first-order valence-electron chi connectivity index (χ1n) is 7.54. The third-order valence-electron chi connectivity index (χ3n) is 3.37. The Kier molecular flexibility index (Phi) is 9.72. The van der Waals surface area contributed by atoms with Gasteiger partial charge in [0.1, 0.15) is 0 Å². The summed E-state index contributed by atoms with van der Waals surface area (Å²) in [4.78, 5) is 9.99. The monoisotopic (exact) mass is 527 g/mol. The van der Waals surface area contributed by atoms with Gasteiger partial charge in [-0.3, -0.25) is 0 Å². The van der Waals surface area contributed by atoms with Gasteiger partial charge in [-0.05, 0) is 13.5 Å². The van der Waals surface area contributed by atoms with Crippen molar-refractivity contribution in [1.29, 1.82) is 0 Å². The average molecular weight is 527 g/mol. The van der Waals surface area contributed by atoms with Crippen molar-refractivity contribution >= 4 is 16.0 Å². The van der Waals surface area contributed by atoms with E-state index >= 15 is 0 Å². The number of halogens is 13. The van der Waals surface area contributed by atoms with Crippen LogP contribution in [0.3, 0.4) is 0 Å². The second-order valence-corrected chi connectivity index (χ2v) is 7.61. The standard InChI is InChI=1S/C7H4F13NO2S.C6H10O2/c1-21-24(22,23)7(19,20)5(14,15)3(10,11)2(8,9)4(12,13)6(16,17)18;1-3-4-5(2)6(7)8/h21H,1H3;2-4H2,1H3,(H,7,8). The predicted octanol–water partition coefficient (Wildman–Crippen LogP) is 4.66. The van der Waals surface area contributed by atoms with Crippen molar-refractivity contribution in [3.8, 4) is 0 Å². The van der Waals surface area contributed by atoms with Gasteiger partial charge in [0.2, 0.25) is 0 Å². The second-order valence-electron chi connectivity index (χ2n) is 5.68. The highest BCUT2D eigenvalue weighted by molar-refractivity contribution is 7.90. The lowest BCUT2D eigenvalue weighted by Crippen LogP contribution is -2.71. The number of nitrogens with one attached hydrogen (secondary N) is 1. The van der Waals surface area contributed by atoms with Crippen LogP contribution in [0.5, 0.6) is 0 Å². The number of aliphatic carboxylic acids is 1. The van der Waals surface area contributed by atoms with Crippen LogP contribution in [0.25, 0.3) is 0 Å². The SMILES string of the molecule is C=C(CCC)C(=O)O.CNS(=O)(=O)C(F)(F)C(F)(F)C(F)(F)C(F)(F)C(F)(F)C(F)(F)F. The number of alkyl halides is 13. The van der Waals surface area contributed by atoms with Gasteiger partial charge in [-0.15, -0.1) is 0 Å². The van der Waals surface area contributed by atoms with Crippen molar-refractivity contribution in [3.05, 3.63) is 12.2 Å². The van der Waals surface area contributed by atoms with E-state index in [9.17, 15) is 70.3 Å². The maximum Gasteiger partial charge on any atom is 0.460 e. The fourth-order valence-electron chi connectivity index (χ4n) is 1.46. The molecule has 0 aromatic carbocycles. The lowest BCUT2D eigenvalue weighted by Gasteiger charge is -2.39. The van der Waals surface area contributed by atoms with Crippen LogP contribution in [0.1, 0.15) is 19.8 Å². The molecule has 0 aliphatic heterocycles. The van der Waals surface area contributed by atoms with Crippen molar-refractivity contribution in [2.45, 2.75) is 54.9 Å². The van der Waals surface area contributed by atoms with E-state index in [-0.39, 0.29) is 7.05 Å². The van der Waals surface area contributed by atoms with Crippen LogP contribution in [0.2, 0.25) is 0 Å². The van der Waals surface area contributed by atoms with Crippen LogP contribution in [0.15, 0.2) is 12.2 Å². The number of carboxylic acids is 1. The lowest BCUT2D eigenvalue weighted by molar-refractivity contribution is -0.433. The highest BCUT2D eigenvalue weighted by Gasteiger charge is 2.92. The van der Waals surface area contributed by atoms with Crippen molar-refractivity contribution in [1.82, 2.24) is 4.72 Å². The van der Waals surface area contributed by atoms with Crippen LogP contribution in [0.4, 0.5) is 57.1 Å². The quantitative estimate of drug-likeness (QED) is 0.338. The molecule has 5 nitrogen and oxygen atoms in total. The minimum Gasteiger partial charge on any atom is -0.478 e.